The monoisotopic (exact) mass is 307 g/mol. The number of carbonyl (C=O) groups excluding carboxylic acids is 1. The quantitative estimate of drug-likeness (QED) is 0.861. The summed E-state index contributed by atoms with van der Waals surface area (Å²) in [6, 6.07) is 0.970. The second-order valence-corrected chi connectivity index (χ2v) is 7.40. The molecule has 4 nitrogen and oxygen atoms in total. The highest BCUT2D eigenvalue weighted by Gasteiger charge is 2.40. The summed E-state index contributed by atoms with van der Waals surface area (Å²) in [5.74, 6) is 0.212. The Labute approximate surface area is 131 Å². The van der Waals surface area contributed by atoms with Gasteiger partial charge in [0.15, 0.2) is 0 Å². The van der Waals surface area contributed by atoms with Crippen LogP contribution in [0.2, 0.25) is 0 Å². The Balaban J connectivity index is 1.80. The maximum absolute atomic E-state index is 12.9. The summed E-state index contributed by atoms with van der Waals surface area (Å²) in [5.41, 5.74) is 0.895. The van der Waals surface area contributed by atoms with E-state index in [0.717, 1.165) is 41.5 Å². The molecule has 3 rings (SSSR count). The van der Waals surface area contributed by atoms with Gasteiger partial charge < -0.3 is 4.90 Å². The zero-order valence-corrected chi connectivity index (χ0v) is 14.1. The zero-order chi connectivity index (χ0) is 15.0. The minimum absolute atomic E-state index is 0.212. The molecule has 5 heteroatoms. The van der Waals surface area contributed by atoms with Gasteiger partial charge in [0.25, 0.3) is 5.91 Å². The Morgan fingerprint density at radius 1 is 1.24 bits per heavy atom. The van der Waals surface area contributed by atoms with Crippen molar-refractivity contribution in [3.63, 3.8) is 0 Å². The third kappa shape index (κ3) is 2.73. The summed E-state index contributed by atoms with van der Waals surface area (Å²) in [7, 11) is 0. The van der Waals surface area contributed by atoms with Gasteiger partial charge in [-0.3, -0.25) is 9.69 Å². The standard InChI is InChI=1S/C16H25N3OS/c1-4-18-9-5-7-13(18)14-8-6-10-19(14)16(20)15-11(2)17-12(3)21-15/h13-14H,4-10H2,1-3H3/t13-,14+/m0/s1. The van der Waals surface area contributed by atoms with Gasteiger partial charge in [-0.15, -0.1) is 11.3 Å². The molecule has 1 amide bonds. The molecule has 2 saturated heterocycles. The highest BCUT2D eigenvalue weighted by molar-refractivity contribution is 7.13. The van der Waals surface area contributed by atoms with Crippen LogP contribution in [0, 0.1) is 13.8 Å². The summed E-state index contributed by atoms with van der Waals surface area (Å²) in [4.78, 5) is 22.9. The lowest BCUT2D eigenvalue weighted by molar-refractivity contribution is 0.0654. The van der Waals surface area contributed by atoms with E-state index in [1.807, 2.05) is 13.8 Å². The van der Waals surface area contributed by atoms with Gasteiger partial charge in [-0.1, -0.05) is 6.92 Å². The predicted octanol–water partition coefficient (Wildman–Crippen LogP) is 2.85. The van der Waals surface area contributed by atoms with Gasteiger partial charge in [0.1, 0.15) is 4.88 Å². The lowest BCUT2D eigenvalue weighted by Crippen LogP contribution is -2.48. The topological polar surface area (TPSA) is 36.4 Å². The van der Waals surface area contributed by atoms with Crippen molar-refractivity contribution in [1.29, 1.82) is 0 Å². The van der Waals surface area contributed by atoms with Crippen LogP contribution in [0.15, 0.2) is 0 Å². The lowest BCUT2D eigenvalue weighted by Gasteiger charge is -2.34. The summed E-state index contributed by atoms with van der Waals surface area (Å²) < 4.78 is 0. The number of thiazole rings is 1. The van der Waals surface area contributed by atoms with Crippen LogP contribution in [0.5, 0.6) is 0 Å². The molecule has 2 fully saturated rings. The maximum Gasteiger partial charge on any atom is 0.266 e. The molecule has 2 atom stereocenters. The van der Waals surface area contributed by atoms with E-state index in [9.17, 15) is 4.79 Å². The average Bonchev–Trinajstić information content (AvgIpc) is 3.15. The van der Waals surface area contributed by atoms with Crippen molar-refractivity contribution in [3.05, 3.63) is 15.6 Å². The minimum Gasteiger partial charge on any atom is -0.333 e. The largest absolute Gasteiger partial charge is 0.333 e. The first kappa shape index (κ1) is 15.0. The first-order valence-electron chi connectivity index (χ1n) is 8.11. The summed E-state index contributed by atoms with van der Waals surface area (Å²) in [6.07, 6.45) is 4.81. The van der Waals surface area contributed by atoms with E-state index in [4.69, 9.17) is 0 Å². The summed E-state index contributed by atoms with van der Waals surface area (Å²) >= 11 is 1.54. The van der Waals surface area contributed by atoms with Gasteiger partial charge in [0.2, 0.25) is 0 Å². The molecule has 0 radical (unpaired) electrons. The Hall–Kier alpha value is -0.940. The van der Waals surface area contributed by atoms with E-state index in [1.165, 1.54) is 19.4 Å². The number of amides is 1. The number of hydrogen-bond donors (Lipinski definition) is 0. The molecule has 0 N–H and O–H groups in total. The van der Waals surface area contributed by atoms with Gasteiger partial charge >= 0.3 is 0 Å². The molecule has 2 aliphatic rings. The number of carbonyl (C=O) groups is 1. The van der Waals surface area contributed by atoms with Crippen molar-refractivity contribution < 1.29 is 4.79 Å². The van der Waals surface area contributed by atoms with Crippen LogP contribution in [0.3, 0.4) is 0 Å². The predicted molar refractivity (Wildman–Crippen MR) is 85.9 cm³/mol. The first-order chi connectivity index (χ1) is 10.1. The third-order valence-electron chi connectivity index (χ3n) is 4.92. The van der Waals surface area contributed by atoms with Gasteiger partial charge in [0, 0.05) is 18.6 Å². The molecule has 0 aliphatic carbocycles. The highest BCUT2D eigenvalue weighted by Crippen LogP contribution is 2.32. The molecule has 0 aromatic carbocycles. The molecule has 2 aliphatic heterocycles. The number of rotatable bonds is 3. The highest BCUT2D eigenvalue weighted by atomic mass is 32.1. The number of hydrogen-bond acceptors (Lipinski definition) is 4. The Kier molecular flexibility index (Phi) is 4.31. The van der Waals surface area contributed by atoms with Crippen LogP contribution in [-0.4, -0.2) is 52.4 Å². The van der Waals surface area contributed by atoms with Crippen molar-refractivity contribution in [1.82, 2.24) is 14.8 Å². The fraction of sp³-hybridized carbons (Fsp3) is 0.750. The van der Waals surface area contributed by atoms with Crippen molar-refractivity contribution >= 4 is 17.2 Å². The first-order valence-corrected chi connectivity index (χ1v) is 8.92. The van der Waals surface area contributed by atoms with Gasteiger partial charge in [-0.25, -0.2) is 4.98 Å². The lowest BCUT2D eigenvalue weighted by atomic mass is 10.0. The molecule has 0 bridgehead atoms. The molecule has 0 spiro atoms. The number of nitrogens with zero attached hydrogens (tertiary/aromatic N) is 3. The molecule has 1 aromatic heterocycles. The van der Waals surface area contributed by atoms with E-state index in [0.29, 0.717) is 12.1 Å². The van der Waals surface area contributed by atoms with Gasteiger partial charge in [-0.05, 0) is 52.6 Å². The second kappa shape index (κ2) is 6.05. The van der Waals surface area contributed by atoms with Crippen LogP contribution in [0.1, 0.15) is 53.0 Å². The van der Waals surface area contributed by atoms with E-state index in [-0.39, 0.29) is 5.91 Å². The van der Waals surface area contributed by atoms with E-state index in [1.54, 1.807) is 11.3 Å². The number of aromatic nitrogens is 1. The number of likely N-dealkylation sites (tertiary alicyclic amines) is 2. The van der Waals surface area contributed by atoms with Crippen LogP contribution >= 0.6 is 11.3 Å². The van der Waals surface area contributed by atoms with E-state index in [2.05, 4.69) is 21.7 Å². The average molecular weight is 307 g/mol. The van der Waals surface area contributed by atoms with E-state index >= 15 is 0 Å². The maximum atomic E-state index is 12.9. The smallest absolute Gasteiger partial charge is 0.266 e. The Bertz CT molecular complexity index is 528. The van der Waals surface area contributed by atoms with Crippen molar-refractivity contribution in [3.8, 4) is 0 Å². The van der Waals surface area contributed by atoms with Gasteiger partial charge in [-0.2, -0.15) is 0 Å². The summed E-state index contributed by atoms with van der Waals surface area (Å²) in [5, 5.41) is 0.989. The van der Waals surface area contributed by atoms with Crippen LogP contribution in [0.25, 0.3) is 0 Å². The van der Waals surface area contributed by atoms with Gasteiger partial charge in [0.05, 0.1) is 10.7 Å². The molecular formula is C16H25N3OS. The SMILES string of the molecule is CCN1CCC[C@H]1[C@H]1CCCN1C(=O)c1sc(C)nc1C. The van der Waals surface area contributed by atoms with Crippen LogP contribution in [0.4, 0.5) is 0 Å². The second-order valence-electron chi connectivity index (χ2n) is 6.19. The third-order valence-corrected chi connectivity index (χ3v) is 5.98. The number of likely N-dealkylation sites (N-methyl/N-ethyl adjacent to an activating group) is 1. The van der Waals surface area contributed by atoms with Crippen molar-refractivity contribution in [2.24, 2.45) is 0 Å². The van der Waals surface area contributed by atoms with Crippen LogP contribution in [-0.2, 0) is 0 Å². The normalized spacial score (nSPS) is 26.7. The molecule has 3 heterocycles. The fourth-order valence-corrected chi connectivity index (χ4v) is 4.86. The fourth-order valence-electron chi connectivity index (χ4n) is 3.99. The molecular weight excluding hydrogens is 282 g/mol. The Morgan fingerprint density at radius 2 is 1.95 bits per heavy atom. The zero-order valence-electron chi connectivity index (χ0n) is 13.3. The molecule has 1 aromatic rings. The number of aryl methyl sites for hydroxylation is 2. The van der Waals surface area contributed by atoms with E-state index < -0.39 is 0 Å². The van der Waals surface area contributed by atoms with Crippen molar-refractivity contribution in [2.45, 2.75) is 58.5 Å². The van der Waals surface area contributed by atoms with Crippen molar-refractivity contribution in [2.75, 3.05) is 19.6 Å². The minimum atomic E-state index is 0.212. The molecule has 116 valence electrons. The molecule has 0 unspecified atom stereocenters. The van der Waals surface area contributed by atoms with Crippen LogP contribution < -0.4 is 0 Å². The molecule has 0 saturated carbocycles. The summed E-state index contributed by atoms with van der Waals surface area (Å²) in [6.45, 7) is 9.37. The Morgan fingerprint density at radius 3 is 2.62 bits per heavy atom. The molecule has 21 heavy (non-hydrogen) atoms.